The second-order valence-corrected chi connectivity index (χ2v) is 5.17. The van der Waals surface area contributed by atoms with Gasteiger partial charge in [-0.1, -0.05) is 30.3 Å². The van der Waals surface area contributed by atoms with Gasteiger partial charge in [0.05, 0.1) is 6.20 Å². The SMILES string of the molecule is C=C/C(=C\N=CC)Oc1cccc(NC(=O)c2cccc(Cl)c2)c1. The van der Waals surface area contributed by atoms with E-state index in [9.17, 15) is 4.79 Å². The van der Waals surface area contributed by atoms with Crippen LogP contribution in [-0.2, 0) is 0 Å². The van der Waals surface area contributed by atoms with Crippen LogP contribution in [0.2, 0.25) is 5.02 Å². The molecule has 5 heteroatoms. The Bertz CT molecular complexity index is 797. The zero-order valence-electron chi connectivity index (χ0n) is 13.2. The van der Waals surface area contributed by atoms with E-state index >= 15 is 0 Å². The van der Waals surface area contributed by atoms with Gasteiger partial charge in [0.2, 0.25) is 0 Å². The van der Waals surface area contributed by atoms with E-state index in [1.165, 1.54) is 0 Å². The minimum atomic E-state index is -0.246. The Hall–Kier alpha value is -2.85. The van der Waals surface area contributed by atoms with Crippen LogP contribution in [0.25, 0.3) is 0 Å². The number of halogens is 1. The smallest absolute Gasteiger partial charge is 0.255 e. The third-order valence-electron chi connectivity index (χ3n) is 2.97. The molecular weight excluding hydrogens is 324 g/mol. The van der Waals surface area contributed by atoms with Gasteiger partial charge in [-0.2, -0.15) is 0 Å². The van der Waals surface area contributed by atoms with Gasteiger partial charge in [0.15, 0.2) is 0 Å². The predicted molar refractivity (Wildman–Crippen MR) is 98.9 cm³/mol. The normalized spacial score (nSPS) is 11.3. The summed E-state index contributed by atoms with van der Waals surface area (Å²) < 4.78 is 5.67. The van der Waals surface area contributed by atoms with Crippen molar-refractivity contribution < 1.29 is 9.53 Å². The maximum Gasteiger partial charge on any atom is 0.255 e. The maximum atomic E-state index is 12.2. The van der Waals surface area contributed by atoms with Crippen molar-refractivity contribution in [3.8, 4) is 5.75 Å². The van der Waals surface area contributed by atoms with E-state index in [0.717, 1.165) is 0 Å². The highest BCUT2D eigenvalue weighted by molar-refractivity contribution is 6.31. The molecule has 2 aromatic rings. The second-order valence-electron chi connectivity index (χ2n) is 4.74. The molecule has 2 aromatic carbocycles. The fourth-order valence-corrected chi connectivity index (χ4v) is 2.07. The monoisotopic (exact) mass is 340 g/mol. The Kier molecular flexibility index (Phi) is 6.34. The van der Waals surface area contributed by atoms with Crippen LogP contribution >= 0.6 is 11.6 Å². The number of nitrogens with one attached hydrogen (secondary N) is 1. The van der Waals surface area contributed by atoms with Crippen LogP contribution in [0.3, 0.4) is 0 Å². The molecule has 0 radical (unpaired) electrons. The van der Waals surface area contributed by atoms with Crippen molar-refractivity contribution in [2.24, 2.45) is 4.99 Å². The number of carbonyl (C=O) groups is 1. The molecule has 0 aliphatic rings. The summed E-state index contributed by atoms with van der Waals surface area (Å²) in [6.07, 6.45) is 4.77. The van der Waals surface area contributed by atoms with Gasteiger partial charge in [-0.05, 0) is 43.3 Å². The Morgan fingerprint density at radius 1 is 1.25 bits per heavy atom. The van der Waals surface area contributed by atoms with Crippen LogP contribution < -0.4 is 10.1 Å². The number of rotatable bonds is 6. The van der Waals surface area contributed by atoms with Gasteiger partial charge in [0, 0.05) is 28.6 Å². The van der Waals surface area contributed by atoms with Gasteiger partial charge in [-0.25, -0.2) is 0 Å². The van der Waals surface area contributed by atoms with Crippen molar-refractivity contribution in [1.29, 1.82) is 0 Å². The minimum absolute atomic E-state index is 0.246. The number of anilines is 1. The number of hydrogen-bond acceptors (Lipinski definition) is 3. The van der Waals surface area contributed by atoms with Crippen LogP contribution in [0.5, 0.6) is 5.75 Å². The fraction of sp³-hybridized carbons (Fsp3) is 0.0526. The van der Waals surface area contributed by atoms with E-state index in [0.29, 0.717) is 27.8 Å². The van der Waals surface area contributed by atoms with E-state index in [1.54, 1.807) is 67.0 Å². The highest BCUT2D eigenvalue weighted by Crippen LogP contribution is 2.21. The van der Waals surface area contributed by atoms with Crippen molar-refractivity contribution >= 4 is 29.4 Å². The van der Waals surface area contributed by atoms with Gasteiger partial charge in [0.25, 0.3) is 5.91 Å². The standard InChI is InChI=1S/C19H17ClN2O2/c1-3-17(13-21-4-2)24-18-10-6-9-16(12-18)22-19(23)14-7-5-8-15(20)11-14/h3-13H,1H2,2H3,(H,22,23)/b17-13+,21-4?. The summed E-state index contributed by atoms with van der Waals surface area (Å²) in [5, 5.41) is 3.32. The van der Waals surface area contributed by atoms with E-state index < -0.39 is 0 Å². The summed E-state index contributed by atoms with van der Waals surface area (Å²) in [6, 6.07) is 13.8. The first-order valence-electron chi connectivity index (χ1n) is 7.27. The van der Waals surface area contributed by atoms with Crippen molar-refractivity contribution in [1.82, 2.24) is 0 Å². The summed E-state index contributed by atoms with van der Waals surface area (Å²) in [5.41, 5.74) is 1.10. The average molecular weight is 341 g/mol. The molecule has 0 atom stereocenters. The molecule has 122 valence electrons. The van der Waals surface area contributed by atoms with Crippen molar-refractivity contribution in [3.05, 3.63) is 83.7 Å². The van der Waals surface area contributed by atoms with Crippen molar-refractivity contribution in [2.75, 3.05) is 5.32 Å². The summed E-state index contributed by atoms with van der Waals surface area (Å²) in [5.74, 6) is 0.826. The van der Waals surface area contributed by atoms with Gasteiger partial charge >= 0.3 is 0 Å². The fourth-order valence-electron chi connectivity index (χ4n) is 1.88. The Labute approximate surface area is 146 Å². The van der Waals surface area contributed by atoms with Crippen LogP contribution in [-0.4, -0.2) is 12.1 Å². The van der Waals surface area contributed by atoms with E-state index in [-0.39, 0.29) is 5.91 Å². The molecule has 0 aliphatic carbocycles. The zero-order chi connectivity index (χ0) is 17.4. The summed E-state index contributed by atoms with van der Waals surface area (Å²) >= 11 is 5.90. The number of amides is 1. The van der Waals surface area contributed by atoms with Crippen LogP contribution in [0.1, 0.15) is 17.3 Å². The van der Waals surface area contributed by atoms with Gasteiger partial charge < -0.3 is 10.1 Å². The largest absolute Gasteiger partial charge is 0.456 e. The molecule has 0 unspecified atom stereocenters. The van der Waals surface area contributed by atoms with Crippen LogP contribution in [0.4, 0.5) is 5.69 Å². The molecule has 1 amide bonds. The van der Waals surface area contributed by atoms with E-state index in [4.69, 9.17) is 16.3 Å². The van der Waals surface area contributed by atoms with Gasteiger partial charge in [-0.3, -0.25) is 9.79 Å². The highest BCUT2D eigenvalue weighted by Gasteiger charge is 2.07. The molecule has 0 saturated carbocycles. The molecular formula is C19H17ClN2O2. The van der Waals surface area contributed by atoms with Crippen LogP contribution in [0.15, 0.2) is 78.1 Å². The molecule has 0 spiro atoms. The summed E-state index contributed by atoms with van der Waals surface area (Å²) in [7, 11) is 0. The Morgan fingerprint density at radius 3 is 2.75 bits per heavy atom. The van der Waals surface area contributed by atoms with Crippen molar-refractivity contribution in [2.45, 2.75) is 6.92 Å². The molecule has 4 nitrogen and oxygen atoms in total. The van der Waals surface area contributed by atoms with E-state index in [1.807, 2.05) is 6.92 Å². The lowest BCUT2D eigenvalue weighted by Gasteiger charge is -2.09. The number of nitrogens with zero attached hydrogens (tertiary/aromatic N) is 1. The zero-order valence-corrected chi connectivity index (χ0v) is 14.0. The van der Waals surface area contributed by atoms with Gasteiger partial charge in [-0.15, -0.1) is 0 Å². The first kappa shape index (κ1) is 17.5. The second kappa shape index (κ2) is 8.70. The van der Waals surface area contributed by atoms with Crippen LogP contribution in [0, 0.1) is 0 Å². The topological polar surface area (TPSA) is 50.7 Å². The molecule has 0 aliphatic heterocycles. The maximum absolute atomic E-state index is 12.2. The highest BCUT2D eigenvalue weighted by atomic mass is 35.5. The molecule has 0 bridgehead atoms. The first-order valence-corrected chi connectivity index (χ1v) is 7.65. The van der Waals surface area contributed by atoms with Gasteiger partial charge in [0.1, 0.15) is 11.5 Å². The Balaban J connectivity index is 2.12. The number of allylic oxidation sites excluding steroid dienone is 1. The Morgan fingerprint density at radius 2 is 2.04 bits per heavy atom. The number of benzene rings is 2. The third kappa shape index (κ3) is 5.11. The number of carbonyl (C=O) groups excluding carboxylic acids is 1. The minimum Gasteiger partial charge on any atom is -0.456 e. The first-order chi connectivity index (χ1) is 11.6. The third-order valence-corrected chi connectivity index (χ3v) is 3.20. The number of ether oxygens (including phenoxy) is 1. The molecule has 0 saturated heterocycles. The van der Waals surface area contributed by atoms with E-state index in [2.05, 4.69) is 16.9 Å². The molecule has 1 N–H and O–H groups in total. The number of hydrogen-bond donors (Lipinski definition) is 1. The number of aliphatic imine (C=N–C) groups is 1. The molecule has 2 rings (SSSR count). The lowest BCUT2D eigenvalue weighted by Crippen LogP contribution is -2.11. The lowest BCUT2D eigenvalue weighted by atomic mass is 10.2. The lowest BCUT2D eigenvalue weighted by molar-refractivity contribution is 0.102. The summed E-state index contributed by atoms with van der Waals surface area (Å²) in [6.45, 7) is 5.49. The quantitative estimate of drug-likeness (QED) is 0.452. The molecule has 0 fully saturated rings. The van der Waals surface area contributed by atoms with Crippen molar-refractivity contribution in [3.63, 3.8) is 0 Å². The molecule has 0 aromatic heterocycles. The average Bonchev–Trinajstić information content (AvgIpc) is 2.59. The molecule has 0 heterocycles. The predicted octanol–water partition coefficient (Wildman–Crippen LogP) is 5.09. The summed E-state index contributed by atoms with van der Waals surface area (Å²) in [4.78, 5) is 16.2. The molecule has 24 heavy (non-hydrogen) atoms.